The third kappa shape index (κ3) is 2.50. The maximum atomic E-state index is 11.6. The normalized spacial score (nSPS) is 11.5. The predicted molar refractivity (Wildman–Crippen MR) is 74.7 cm³/mol. The van der Waals surface area contributed by atoms with Gasteiger partial charge in [0.05, 0.1) is 15.6 Å². The predicted octanol–water partition coefficient (Wildman–Crippen LogP) is 2.97. The fourth-order valence-corrected chi connectivity index (χ4v) is 3.58. The van der Waals surface area contributed by atoms with Gasteiger partial charge in [0, 0.05) is 24.9 Å². The van der Waals surface area contributed by atoms with Crippen molar-refractivity contribution in [2.75, 3.05) is 18.2 Å². The van der Waals surface area contributed by atoms with Crippen molar-refractivity contribution < 1.29 is 8.42 Å². The van der Waals surface area contributed by atoms with Crippen LogP contribution in [0.3, 0.4) is 0 Å². The number of aromatic nitrogens is 1. The van der Waals surface area contributed by atoms with E-state index in [-0.39, 0.29) is 9.92 Å². The molecule has 1 aromatic carbocycles. The van der Waals surface area contributed by atoms with E-state index in [1.54, 1.807) is 30.3 Å². The minimum Gasteiger partial charge on any atom is -0.319 e. The lowest BCUT2D eigenvalue weighted by Gasteiger charge is -2.18. The molecule has 1 heterocycles. The second-order valence-corrected chi connectivity index (χ2v) is 6.97. The SMILES string of the molecule is CN(c1nccs1)c1cccc(S(C)(=O)=O)c1Cl. The number of nitrogens with zero attached hydrogens (tertiary/aromatic N) is 2. The summed E-state index contributed by atoms with van der Waals surface area (Å²) in [5.74, 6) is 0. The molecule has 0 saturated carbocycles. The molecule has 0 atom stereocenters. The molecule has 0 N–H and O–H groups in total. The van der Waals surface area contributed by atoms with E-state index in [0.717, 1.165) is 11.4 Å². The van der Waals surface area contributed by atoms with Crippen LogP contribution >= 0.6 is 22.9 Å². The highest BCUT2D eigenvalue weighted by Crippen LogP contribution is 2.35. The number of halogens is 1. The number of sulfone groups is 1. The van der Waals surface area contributed by atoms with Crippen molar-refractivity contribution in [1.82, 2.24) is 4.98 Å². The van der Waals surface area contributed by atoms with Crippen LogP contribution in [0.15, 0.2) is 34.7 Å². The van der Waals surface area contributed by atoms with Crippen molar-refractivity contribution in [1.29, 1.82) is 0 Å². The van der Waals surface area contributed by atoms with E-state index < -0.39 is 9.84 Å². The van der Waals surface area contributed by atoms with Crippen molar-refractivity contribution in [2.45, 2.75) is 4.90 Å². The number of hydrogen-bond acceptors (Lipinski definition) is 5. The van der Waals surface area contributed by atoms with E-state index in [1.165, 1.54) is 17.4 Å². The van der Waals surface area contributed by atoms with Gasteiger partial charge in [-0.25, -0.2) is 13.4 Å². The molecule has 0 aliphatic rings. The molecule has 0 aliphatic carbocycles. The monoisotopic (exact) mass is 302 g/mol. The molecule has 7 heteroatoms. The molecule has 0 radical (unpaired) electrons. The molecule has 18 heavy (non-hydrogen) atoms. The number of anilines is 2. The Hall–Kier alpha value is -1.11. The lowest BCUT2D eigenvalue weighted by Crippen LogP contribution is -2.11. The van der Waals surface area contributed by atoms with Gasteiger partial charge in [-0.15, -0.1) is 11.3 Å². The van der Waals surface area contributed by atoms with E-state index in [2.05, 4.69) is 4.98 Å². The van der Waals surface area contributed by atoms with Crippen LogP contribution in [0.25, 0.3) is 0 Å². The summed E-state index contributed by atoms with van der Waals surface area (Å²) in [6.45, 7) is 0. The van der Waals surface area contributed by atoms with Gasteiger partial charge >= 0.3 is 0 Å². The summed E-state index contributed by atoms with van der Waals surface area (Å²) < 4.78 is 23.2. The summed E-state index contributed by atoms with van der Waals surface area (Å²) in [5.41, 5.74) is 0.620. The third-order valence-corrected chi connectivity index (χ3v) is 4.91. The van der Waals surface area contributed by atoms with Gasteiger partial charge in [0.25, 0.3) is 0 Å². The molecular weight excluding hydrogens is 292 g/mol. The quantitative estimate of drug-likeness (QED) is 0.874. The Balaban J connectivity index is 2.54. The Bertz CT molecular complexity index is 654. The summed E-state index contributed by atoms with van der Waals surface area (Å²) >= 11 is 7.62. The number of hydrogen-bond donors (Lipinski definition) is 0. The summed E-state index contributed by atoms with van der Waals surface area (Å²) in [5, 5.41) is 2.82. The summed E-state index contributed by atoms with van der Waals surface area (Å²) in [7, 11) is -1.54. The molecule has 0 amide bonds. The molecule has 4 nitrogen and oxygen atoms in total. The molecule has 0 bridgehead atoms. The van der Waals surface area contributed by atoms with Crippen molar-refractivity contribution >= 4 is 43.6 Å². The lowest BCUT2D eigenvalue weighted by molar-refractivity contribution is 0.602. The second kappa shape index (κ2) is 4.87. The van der Waals surface area contributed by atoms with Crippen LogP contribution in [0.5, 0.6) is 0 Å². The summed E-state index contributed by atoms with van der Waals surface area (Å²) in [6, 6.07) is 4.93. The van der Waals surface area contributed by atoms with Crippen molar-refractivity contribution in [3.63, 3.8) is 0 Å². The zero-order chi connectivity index (χ0) is 13.3. The average molecular weight is 303 g/mol. The average Bonchev–Trinajstić information content (AvgIpc) is 2.80. The van der Waals surface area contributed by atoms with Crippen molar-refractivity contribution in [3.8, 4) is 0 Å². The zero-order valence-corrected chi connectivity index (χ0v) is 12.2. The molecule has 2 aromatic rings. The van der Waals surface area contributed by atoms with Crippen LogP contribution in [0.1, 0.15) is 0 Å². The first-order chi connectivity index (χ1) is 8.41. The Kier molecular flexibility index (Phi) is 3.61. The topological polar surface area (TPSA) is 50.3 Å². The molecule has 0 aliphatic heterocycles. The number of benzene rings is 1. The second-order valence-electron chi connectivity index (χ2n) is 3.74. The molecule has 0 saturated heterocycles. The highest BCUT2D eigenvalue weighted by Gasteiger charge is 2.18. The first kappa shape index (κ1) is 13.3. The third-order valence-electron chi connectivity index (χ3n) is 2.41. The largest absolute Gasteiger partial charge is 0.319 e. The Morgan fingerprint density at radius 3 is 2.67 bits per heavy atom. The van der Waals surface area contributed by atoms with Crippen molar-refractivity contribution in [2.24, 2.45) is 0 Å². The lowest BCUT2D eigenvalue weighted by atomic mass is 10.3. The first-order valence-electron chi connectivity index (χ1n) is 5.03. The highest BCUT2D eigenvalue weighted by atomic mass is 35.5. The maximum Gasteiger partial charge on any atom is 0.189 e. The van der Waals surface area contributed by atoms with Crippen LogP contribution in [-0.2, 0) is 9.84 Å². The van der Waals surface area contributed by atoms with Crippen molar-refractivity contribution in [3.05, 3.63) is 34.8 Å². The van der Waals surface area contributed by atoms with Crippen LogP contribution in [0, 0.1) is 0 Å². The Morgan fingerprint density at radius 1 is 1.39 bits per heavy atom. The molecular formula is C11H11ClN2O2S2. The number of rotatable bonds is 3. The summed E-state index contributed by atoms with van der Waals surface area (Å²) in [4.78, 5) is 6.06. The van der Waals surface area contributed by atoms with Gasteiger partial charge in [-0.2, -0.15) is 0 Å². The molecule has 2 rings (SSSR count). The smallest absolute Gasteiger partial charge is 0.189 e. The highest BCUT2D eigenvalue weighted by molar-refractivity contribution is 7.90. The summed E-state index contributed by atoms with van der Waals surface area (Å²) in [6.07, 6.45) is 2.83. The Labute approximate surface area is 115 Å². The van der Waals surface area contributed by atoms with Gasteiger partial charge in [-0.05, 0) is 12.1 Å². The fourth-order valence-electron chi connectivity index (χ4n) is 1.53. The minimum absolute atomic E-state index is 0.130. The molecule has 96 valence electrons. The van der Waals surface area contributed by atoms with Gasteiger partial charge in [-0.1, -0.05) is 17.7 Å². The van der Waals surface area contributed by atoms with Crippen LogP contribution in [0.4, 0.5) is 10.8 Å². The minimum atomic E-state index is -3.33. The van der Waals surface area contributed by atoms with Gasteiger partial charge in [-0.3, -0.25) is 0 Å². The van der Waals surface area contributed by atoms with E-state index >= 15 is 0 Å². The van der Waals surface area contributed by atoms with Crippen LogP contribution in [0.2, 0.25) is 5.02 Å². The van der Waals surface area contributed by atoms with Crippen LogP contribution < -0.4 is 4.90 Å². The molecule has 0 spiro atoms. The molecule has 1 aromatic heterocycles. The Morgan fingerprint density at radius 2 is 2.11 bits per heavy atom. The van der Waals surface area contributed by atoms with E-state index in [9.17, 15) is 8.42 Å². The standard InChI is InChI=1S/C11H11ClN2O2S2/c1-14(11-13-6-7-17-11)8-4-3-5-9(10(8)12)18(2,15)16/h3-7H,1-2H3. The van der Waals surface area contributed by atoms with Gasteiger partial charge in [0.2, 0.25) is 0 Å². The van der Waals surface area contributed by atoms with Gasteiger partial charge in [0.15, 0.2) is 15.0 Å². The molecule has 0 unspecified atom stereocenters. The molecule has 0 fully saturated rings. The van der Waals surface area contributed by atoms with E-state index in [4.69, 9.17) is 11.6 Å². The van der Waals surface area contributed by atoms with Gasteiger partial charge in [0.1, 0.15) is 0 Å². The first-order valence-corrected chi connectivity index (χ1v) is 8.18. The zero-order valence-electron chi connectivity index (χ0n) is 9.79. The fraction of sp³-hybridized carbons (Fsp3) is 0.182. The van der Waals surface area contributed by atoms with E-state index in [0.29, 0.717) is 5.69 Å². The van der Waals surface area contributed by atoms with Crippen LogP contribution in [-0.4, -0.2) is 26.7 Å². The van der Waals surface area contributed by atoms with Gasteiger partial charge < -0.3 is 4.90 Å². The van der Waals surface area contributed by atoms with E-state index in [1.807, 2.05) is 5.38 Å². The maximum absolute atomic E-state index is 11.6. The number of thiazole rings is 1.